The highest BCUT2D eigenvalue weighted by molar-refractivity contribution is 5.93. The number of hydrogen-bond acceptors (Lipinski definition) is 3. The van der Waals surface area contributed by atoms with Crippen molar-refractivity contribution in [3.8, 4) is 11.3 Å². The van der Waals surface area contributed by atoms with Crippen molar-refractivity contribution in [2.45, 2.75) is 13.3 Å². The van der Waals surface area contributed by atoms with E-state index in [4.69, 9.17) is 4.74 Å². The largest absolute Gasteiger partial charge is 0.381 e. The molecule has 0 aliphatic carbocycles. The first-order valence-corrected chi connectivity index (χ1v) is 7.14. The van der Waals surface area contributed by atoms with Gasteiger partial charge in [0.25, 0.3) is 0 Å². The summed E-state index contributed by atoms with van der Waals surface area (Å²) in [6.07, 6.45) is 0.786. The Morgan fingerprint density at radius 2 is 2.14 bits per heavy atom. The summed E-state index contributed by atoms with van der Waals surface area (Å²) in [7, 11) is 1.85. The molecule has 1 aliphatic heterocycles. The van der Waals surface area contributed by atoms with Crippen LogP contribution in [0.5, 0.6) is 0 Å². The first-order chi connectivity index (χ1) is 10.2. The van der Waals surface area contributed by atoms with Crippen LogP contribution in [0.25, 0.3) is 11.3 Å². The van der Waals surface area contributed by atoms with E-state index in [-0.39, 0.29) is 11.8 Å². The molecule has 5 heteroatoms. The molecule has 0 bridgehead atoms. The van der Waals surface area contributed by atoms with Gasteiger partial charge in [0.15, 0.2) is 0 Å². The summed E-state index contributed by atoms with van der Waals surface area (Å²) in [5.41, 5.74) is 2.93. The minimum atomic E-state index is -0.0560. The van der Waals surface area contributed by atoms with E-state index in [0.29, 0.717) is 13.2 Å². The Bertz CT molecular complexity index is 643. The second-order valence-corrected chi connectivity index (χ2v) is 5.36. The van der Waals surface area contributed by atoms with Gasteiger partial charge < -0.3 is 10.1 Å². The Balaban J connectivity index is 1.86. The third kappa shape index (κ3) is 2.69. The number of anilines is 1. The molecule has 1 amide bonds. The summed E-state index contributed by atoms with van der Waals surface area (Å²) in [5, 5.41) is 7.52. The molecule has 0 radical (unpaired) electrons. The first-order valence-electron chi connectivity index (χ1n) is 7.14. The van der Waals surface area contributed by atoms with Crippen molar-refractivity contribution in [1.82, 2.24) is 9.78 Å². The average Bonchev–Trinajstić information content (AvgIpc) is 3.12. The summed E-state index contributed by atoms with van der Waals surface area (Å²) >= 11 is 0. The predicted octanol–water partition coefficient (Wildman–Crippen LogP) is 2.37. The first kappa shape index (κ1) is 13.8. The summed E-state index contributed by atoms with van der Waals surface area (Å²) in [6.45, 7) is 3.15. The second kappa shape index (κ2) is 5.69. The molecule has 3 rings (SSSR count). The minimum absolute atomic E-state index is 0.0122. The predicted molar refractivity (Wildman–Crippen MR) is 80.9 cm³/mol. The molecule has 110 valence electrons. The van der Waals surface area contributed by atoms with Crippen LogP contribution < -0.4 is 5.32 Å². The number of hydrogen-bond donors (Lipinski definition) is 1. The van der Waals surface area contributed by atoms with Gasteiger partial charge in [-0.1, -0.05) is 30.3 Å². The molecule has 1 saturated heterocycles. The van der Waals surface area contributed by atoms with E-state index in [2.05, 4.69) is 10.4 Å². The van der Waals surface area contributed by atoms with Crippen LogP contribution in [0, 0.1) is 12.8 Å². The van der Waals surface area contributed by atoms with Crippen molar-refractivity contribution in [3.05, 3.63) is 35.9 Å². The van der Waals surface area contributed by atoms with Crippen molar-refractivity contribution < 1.29 is 9.53 Å². The summed E-state index contributed by atoms with van der Waals surface area (Å²) < 4.78 is 7.00. The number of nitrogens with zero attached hydrogens (tertiary/aromatic N) is 2. The Kier molecular flexibility index (Phi) is 3.75. The highest BCUT2D eigenvalue weighted by Crippen LogP contribution is 2.28. The number of aryl methyl sites for hydroxylation is 1. The number of amides is 1. The molecule has 1 atom stereocenters. The Morgan fingerprint density at radius 1 is 1.38 bits per heavy atom. The van der Waals surface area contributed by atoms with Crippen LogP contribution in [0.2, 0.25) is 0 Å². The standard InChI is InChI=1S/C16H19N3O2/c1-11-14(12-6-4-3-5-7-12)18-19(2)15(11)17-16(20)13-8-9-21-10-13/h3-7,13H,8-10H2,1-2H3,(H,17,20). The summed E-state index contributed by atoms with van der Waals surface area (Å²) in [6, 6.07) is 9.98. The lowest BCUT2D eigenvalue weighted by molar-refractivity contribution is -0.119. The van der Waals surface area contributed by atoms with Gasteiger partial charge in [0.05, 0.1) is 18.2 Å². The van der Waals surface area contributed by atoms with Gasteiger partial charge in [0, 0.05) is 24.8 Å². The van der Waals surface area contributed by atoms with Crippen LogP contribution in [0.4, 0.5) is 5.82 Å². The molecular formula is C16H19N3O2. The lowest BCUT2D eigenvalue weighted by Gasteiger charge is -2.10. The molecule has 1 fully saturated rings. The zero-order valence-electron chi connectivity index (χ0n) is 12.3. The lowest BCUT2D eigenvalue weighted by Crippen LogP contribution is -2.24. The maximum atomic E-state index is 12.2. The van der Waals surface area contributed by atoms with Crippen LogP contribution in [0.15, 0.2) is 30.3 Å². The number of nitrogens with one attached hydrogen (secondary N) is 1. The molecule has 21 heavy (non-hydrogen) atoms. The normalized spacial score (nSPS) is 17.9. The number of aromatic nitrogens is 2. The molecule has 2 aromatic rings. The fourth-order valence-electron chi connectivity index (χ4n) is 2.63. The number of ether oxygens (including phenoxy) is 1. The van der Waals surface area contributed by atoms with Crippen molar-refractivity contribution >= 4 is 11.7 Å². The molecule has 0 saturated carbocycles. The van der Waals surface area contributed by atoms with Crippen LogP contribution in [0.1, 0.15) is 12.0 Å². The molecule has 5 nitrogen and oxygen atoms in total. The molecule has 1 N–H and O–H groups in total. The molecule has 1 aromatic heterocycles. The van der Waals surface area contributed by atoms with Crippen molar-refractivity contribution in [3.63, 3.8) is 0 Å². The monoisotopic (exact) mass is 285 g/mol. The van der Waals surface area contributed by atoms with Crippen molar-refractivity contribution in [1.29, 1.82) is 0 Å². The van der Waals surface area contributed by atoms with Crippen LogP contribution in [-0.4, -0.2) is 28.9 Å². The fourth-order valence-corrected chi connectivity index (χ4v) is 2.63. The molecular weight excluding hydrogens is 266 g/mol. The van der Waals surface area contributed by atoms with Gasteiger partial charge in [0.2, 0.25) is 5.91 Å². The van der Waals surface area contributed by atoms with Gasteiger partial charge in [-0.3, -0.25) is 9.48 Å². The van der Waals surface area contributed by atoms with Crippen LogP contribution >= 0.6 is 0 Å². The number of carbonyl (C=O) groups is 1. The second-order valence-electron chi connectivity index (χ2n) is 5.36. The fraction of sp³-hybridized carbons (Fsp3) is 0.375. The molecule has 1 aromatic carbocycles. The number of carbonyl (C=O) groups excluding carboxylic acids is 1. The SMILES string of the molecule is Cc1c(-c2ccccc2)nn(C)c1NC(=O)C1CCOC1. The van der Waals surface area contributed by atoms with E-state index in [1.807, 2.05) is 44.3 Å². The van der Waals surface area contributed by atoms with Crippen LogP contribution in [0.3, 0.4) is 0 Å². The average molecular weight is 285 g/mol. The van der Waals surface area contributed by atoms with E-state index in [9.17, 15) is 4.79 Å². The summed E-state index contributed by atoms with van der Waals surface area (Å²) in [5.74, 6) is 0.712. The van der Waals surface area contributed by atoms with Gasteiger partial charge in [-0.25, -0.2) is 0 Å². The number of rotatable bonds is 3. The maximum Gasteiger partial charge on any atom is 0.231 e. The van der Waals surface area contributed by atoms with E-state index in [0.717, 1.165) is 29.1 Å². The van der Waals surface area contributed by atoms with Crippen molar-refractivity contribution in [2.75, 3.05) is 18.5 Å². The zero-order chi connectivity index (χ0) is 14.8. The molecule has 1 aliphatic rings. The van der Waals surface area contributed by atoms with Gasteiger partial charge in [-0.05, 0) is 13.3 Å². The van der Waals surface area contributed by atoms with Gasteiger partial charge in [-0.15, -0.1) is 0 Å². The highest BCUT2D eigenvalue weighted by atomic mass is 16.5. The van der Waals surface area contributed by atoms with E-state index >= 15 is 0 Å². The Hall–Kier alpha value is -2.14. The third-order valence-corrected chi connectivity index (χ3v) is 3.87. The maximum absolute atomic E-state index is 12.2. The van der Waals surface area contributed by atoms with Gasteiger partial charge in [0.1, 0.15) is 5.82 Å². The highest BCUT2D eigenvalue weighted by Gasteiger charge is 2.25. The lowest BCUT2D eigenvalue weighted by atomic mass is 10.1. The minimum Gasteiger partial charge on any atom is -0.381 e. The Morgan fingerprint density at radius 3 is 2.81 bits per heavy atom. The zero-order valence-corrected chi connectivity index (χ0v) is 12.3. The topological polar surface area (TPSA) is 56.2 Å². The number of benzene rings is 1. The molecule has 0 spiro atoms. The van der Waals surface area contributed by atoms with Crippen LogP contribution in [-0.2, 0) is 16.6 Å². The van der Waals surface area contributed by atoms with E-state index in [1.54, 1.807) is 4.68 Å². The molecule has 1 unspecified atom stereocenters. The Labute approximate surface area is 123 Å². The smallest absolute Gasteiger partial charge is 0.231 e. The van der Waals surface area contributed by atoms with E-state index in [1.165, 1.54) is 0 Å². The van der Waals surface area contributed by atoms with Gasteiger partial charge >= 0.3 is 0 Å². The molecule has 2 heterocycles. The summed E-state index contributed by atoms with van der Waals surface area (Å²) in [4.78, 5) is 12.2. The third-order valence-electron chi connectivity index (χ3n) is 3.87. The quantitative estimate of drug-likeness (QED) is 0.942. The van der Waals surface area contributed by atoms with E-state index < -0.39 is 0 Å². The van der Waals surface area contributed by atoms with Gasteiger partial charge in [-0.2, -0.15) is 5.10 Å². The van der Waals surface area contributed by atoms with Crippen molar-refractivity contribution in [2.24, 2.45) is 13.0 Å².